The van der Waals surface area contributed by atoms with Gasteiger partial charge in [0, 0.05) is 32.4 Å². The summed E-state index contributed by atoms with van der Waals surface area (Å²) in [6, 6.07) is 5.73. The highest BCUT2D eigenvalue weighted by Crippen LogP contribution is 2.29. The van der Waals surface area contributed by atoms with Gasteiger partial charge in [-0.3, -0.25) is 9.88 Å². The molecule has 0 bridgehead atoms. The van der Waals surface area contributed by atoms with E-state index in [0.29, 0.717) is 0 Å². The van der Waals surface area contributed by atoms with E-state index in [1.54, 1.807) is 6.20 Å². The topological polar surface area (TPSA) is 48.4 Å². The Morgan fingerprint density at radius 2 is 2.18 bits per heavy atom. The second-order valence-corrected chi connectivity index (χ2v) is 4.52. The molecule has 1 saturated heterocycles. The second kappa shape index (κ2) is 5.58. The van der Waals surface area contributed by atoms with Gasteiger partial charge in [0.05, 0.1) is 5.69 Å². The SMILES string of the molecule is CCCC(O)(c1ccccn1)N1CCNCC1. The molecular weight excluding hydrogens is 214 g/mol. The highest BCUT2D eigenvalue weighted by Gasteiger charge is 2.37. The average molecular weight is 235 g/mol. The summed E-state index contributed by atoms with van der Waals surface area (Å²) in [6.45, 7) is 5.69. The molecule has 2 N–H and O–H groups in total. The molecule has 94 valence electrons. The first-order chi connectivity index (χ1) is 8.27. The van der Waals surface area contributed by atoms with Crippen LogP contribution in [0.25, 0.3) is 0 Å². The Bertz CT molecular complexity index is 338. The van der Waals surface area contributed by atoms with Crippen LogP contribution in [0.1, 0.15) is 25.5 Å². The third kappa shape index (κ3) is 2.65. The highest BCUT2D eigenvalue weighted by molar-refractivity contribution is 5.12. The van der Waals surface area contributed by atoms with Crippen LogP contribution < -0.4 is 5.32 Å². The molecule has 4 heteroatoms. The minimum absolute atomic E-state index is 0.726. The number of piperazine rings is 1. The maximum Gasteiger partial charge on any atom is 0.161 e. The first-order valence-corrected chi connectivity index (χ1v) is 6.37. The number of nitrogens with one attached hydrogen (secondary N) is 1. The Labute approximate surface area is 103 Å². The molecular formula is C13H21N3O. The molecule has 0 radical (unpaired) electrons. The van der Waals surface area contributed by atoms with Crippen LogP contribution in [0.2, 0.25) is 0 Å². The summed E-state index contributed by atoms with van der Waals surface area (Å²) in [5.41, 5.74) is -0.137. The van der Waals surface area contributed by atoms with Crippen molar-refractivity contribution in [1.82, 2.24) is 15.2 Å². The van der Waals surface area contributed by atoms with Crippen molar-refractivity contribution in [2.45, 2.75) is 25.5 Å². The van der Waals surface area contributed by atoms with Gasteiger partial charge >= 0.3 is 0 Å². The molecule has 1 atom stereocenters. The summed E-state index contributed by atoms with van der Waals surface area (Å²) >= 11 is 0. The Balaban J connectivity index is 2.24. The molecule has 0 amide bonds. The van der Waals surface area contributed by atoms with E-state index in [9.17, 15) is 5.11 Å². The van der Waals surface area contributed by atoms with Gasteiger partial charge in [-0.1, -0.05) is 19.4 Å². The predicted octanol–water partition coefficient (Wildman–Crippen LogP) is 0.932. The van der Waals surface area contributed by atoms with Crippen LogP contribution in [0.3, 0.4) is 0 Å². The largest absolute Gasteiger partial charge is 0.370 e. The Hall–Kier alpha value is -0.970. The Kier molecular flexibility index (Phi) is 4.10. The summed E-state index contributed by atoms with van der Waals surface area (Å²) in [5.74, 6) is 0. The van der Waals surface area contributed by atoms with Crippen LogP contribution in [-0.2, 0) is 5.72 Å². The number of hydrogen-bond acceptors (Lipinski definition) is 4. The van der Waals surface area contributed by atoms with Gasteiger partial charge in [-0.05, 0) is 18.6 Å². The fourth-order valence-corrected chi connectivity index (χ4v) is 2.43. The van der Waals surface area contributed by atoms with Crippen molar-refractivity contribution < 1.29 is 5.11 Å². The van der Waals surface area contributed by atoms with Crippen molar-refractivity contribution in [1.29, 1.82) is 0 Å². The molecule has 17 heavy (non-hydrogen) atoms. The minimum Gasteiger partial charge on any atom is -0.370 e. The maximum atomic E-state index is 10.9. The fourth-order valence-electron chi connectivity index (χ4n) is 2.43. The number of aromatic nitrogens is 1. The number of rotatable bonds is 4. The van der Waals surface area contributed by atoms with Gasteiger partial charge in [0.15, 0.2) is 5.72 Å². The lowest BCUT2D eigenvalue weighted by Crippen LogP contribution is -2.54. The smallest absolute Gasteiger partial charge is 0.161 e. The van der Waals surface area contributed by atoms with Gasteiger partial charge in [-0.15, -0.1) is 0 Å². The molecule has 2 heterocycles. The van der Waals surface area contributed by atoms with Crippen LogP contribution in [-0.4, -0.2) is 41.2 Å². The number of aliphatic hydroxyl groups is 1. The zero-order chi connectivity index (χ0) is 12.1. The van der Waals surface area contributed by atoms with Crippen molar-refractivity contribution in [2.24, 2.45) is 0 Å². The number of hydrogen-bond donors (Lipinski definition) is 2. The molecule has 1 aliphatic heterocycles. The molecule has 1 aromatic heterocycles. The van der Waals surface area contributed by atoms with Gasteiger partial charge in [0.25, 0.3) is 0 Å². The van der Waals surface area contributed by atoms with E-state index in [0.717, 1.165) is 44.7 Å². The Morgan fingerprint density at radius 1 is 1.41 bits per heavy atom. The zero-order valence-corrected chi connectivity index (χ0v) is 10.4. The number of pyridine rings is 1. The Morgan fingerprint density at radius 3 is 2.76 bits per heavy atom. The fraction of sp³-hybridized carbons (Fsp3) is 0.615. The van der Waals surface area contributed by atoms with Gasteiger partial charge < -0.3 is 10.4 Å². The van der Waals surface area contributed by atoms with Crippen LogP contribution >= 0.6 is 0 Å². The van der Waals surface area contributed by atoms with E-state index in [-0.39, 0.29) is 0 Å². The third-order valence-electron chi connectivity index (χ3n) is 3.31. The summed E-state index contributed by atoms with van der Waals surface area (Å²) in [7, 11) is 0. The first-order valence-electron chi connectivity index (χ1n) is 6.37. The number of nitrogens with zero attached hydrogens (tertiary/aromatic N) is 2. The van der Waals surface area contributed by atoms with Crippen molar-refractivity contribution in [2.75, 3.05) is 26.2 Å². The third-order valence-corrected chi connectivity index (χ3v) is 3.31. The summed E-state index contributed by atoms with van der Waals surface area (Å²) in [5, 5.41) is 14.3. The molecule has 1 aromatic rings. The van der Waals surface area contributed by atoms with Gasteiger partial charge in [-0.2, -0.15) is 0 Å². The van der Waals surface area contributed by atoms with E-state index < -0.39 is 5.72 Å². The molecule has 2 rings (SSSR count). The summed E-state index contributed by atoms with van der Waals surface area (Å²) < 4.78 is 0. The predicted molar refractivity (Wildman–Crippen MR) is 67.5 cm³/mol. The molecule has 0 aliphatic carbocycles. The van der Waals surface area contributed by atoms with Crippen LogP contribution in [0.5, 0.6) is 0 Å². The van der Waals surface area contributed by atoms with E-state index >= 15 is 0 Å². The molecule has 1 aliphatic rings. The van der Waals surface area contributed by atoms with Crippen LogP contribution in [0.4, 0.5) is 0 Å². The molecule has 4 nitrogen and oxygen atoms in total. The monoisotopic (exact) mass is 235 g/mol. The lowest BCUT2D eigenvalue weighted by atomic mass is 10.00. The maximum absolute atomic E-state index is 10.9. The second-order valence-electron chi connectivity index (χ2n) is 4.52. The van der Waals surface area contributed by atoms with E-state index in [1.807, 2.05) is 18.2 Å². The minimum atomic E-state index is -0.905. The summed E-state index contributed by atoms with van der Waals surface area (Å²) in [4.78, 5) is 6.47. The van der Waals surface area contributed by atoms with Crippen molar-refractivity contribution in [3.63, 3.8) is 0 Å². The van der Waals surface area contributed by atoms with E-state index in [2.05, 4.69) is 22.1 Å². The van der Waals surface area contributed by atoms with Crippen LogP contribution in [0.15, 0.2) is 24.4 Å². The van der Waals surface area contributed by atoms with Gasteiger partial charge in [-0.25, -0.2) is 0 Å². The molecule has 0 saturated carbocycles. The van der Waals surface area contributed by atoms with Crippen molar-refractivity contribution >= 4 is 0 Å². The van der Waals surface area contributed by atoms with Gasteiger partial charge in [0.2, 0.25) is 0 Å². The zero-order valence-electron chi connectivity index (χ0n) is 10.4. The highest BCUT2D eigenvalue weighted by atomic mass is 16.3. The summed E-state index contributed by atoms with van der Waals surface area (Å²) in [6.07, 6.45) is 3.42. The lowest BCUT2D eigenvalue weighted by Gasteiger charge is -2.41. The molecule has 1 fully saturated rings. The van der Waals surface area contributed by atoms with E-state index in [1.165, 1.54) is 0 Å². The quantitative estimate of drug-likeness (QED) is 0.815. The van der Waals surface area contributed by atoms with Crippen molar-refractivity contribution in [3.05, 3.63) is 30.1 Å². The first kappa shape index (κ1) is 12.5. The van der Waals surface area contributed by atoms with Crippen molar-refractivity contribution in [3.8, 4) is 0 Å². The standard InChI is InChI=1S/C13H21N3O/c1-2-6-13(17,12-5-3-4-7-15-12)16-10-8-14-9-11-16/h3-5,7,14,17H,2,6,8-11H2,1H3. The lowest BCUT2D eigenvalue weighted by molar-refractivity contribution is -0.130. The van der Waals surface area contributed by atoms with Gasteiger partial charge in [0.1, 0.15) is 0 Å². The molecule has 1 unspecified atom stereocenters. The molecule has 0 aromatic carbocycles. The molecule has 0 spiro atoms. The average Bonchev–Trinajstić information content (AvgIpc) is 2.41. The van der Waals surface area contributed by atoms with E-state index in [4.69, 9.17) is 0 Å². The van der Waals surface area contributed by atoms with Crippen LogP contribution in [0, 0.1) is 0 Å². The normalized spacial score (nSPS) is 21.1.